The Balaban J connectivity index is 2.93. The first-order chi connectivity index (χ1) is 7.69. The second kappa shape index (κ2) is 6.11. The molecular weight excluding hydrogens is 200 g/mol. The second-order valence-corrected chi connectivity index (χ2v) is 3.77. The second-order valence-electron chi connectivity index (χ2n) is 3.77. The molecule has 0 radical (unpaired) electrons. The number of carbonyl (C=O) groups is 1. The van der Waals surface area contributed by atoms with Crippen LogP contribution in [0.4, 0.5) is 0 Å². The van der Waals surface area contributed by atoms with E-state index >= 15 is 0 Å². The van der Waals surface area contributed by atoms with Gasteiger partial charge in [0, 0.05) is 12.0 Å². The first kappa shape index (κ1) is 12.5. The average molecular weight is 218 g/mol. The molecule has 1 rings (SSSR count). The molecule has 0 aliphatic carbocycles. The maximum atomic E-state index is 11.6. The molecule has 0 N–H and O–H groups in total. The Morgan fingerprint density at radius 2 is 1.88 bits per heavy atom. The van der Waals surface area contributed by atoms with Crippen molar-refractivity contribution in [1.82, 2.24) is 0 Å². The molecule has 0 unspecified atom stereocenters. The number of hydrogen-bond acceptors (Lipinski definition) is 2. The maximum absolute atomic E-state index is 11.6. The zero-order valence-corrected chi connectivity index (χ0v) is 10.1. The third kappa shape index (κ3) is 3.23. The molecule has 0 aliphatic rings. The lowest BCUT2D eigenvalue weighted by atomic mass is 9.99. The van der Waals surface area contributed by atoms with E-state index in [9.17, 15) is 4.79 Å². The molecule has 0 heterocycles. The summed E-state index contributed by atoms with van der Waals surface area (Å²) in [4.78, 5) is 11.6. The van der Waals surface area contributed by atoms with Crippen LogP contribution in [-0.4, -0.2) is 13.1 Å². The molecule has 0 bridgehead atoms. The lowest BCUT2D eigenvalue weighted by Gasteiger charge is -2.09. The minimum absolute atomic E-state index is 0.219. The van der Waals surface area contributed by atoms with Crippen molar-refractivity contribution < 1.29 is 9.53 Å². The van der Waals surface area contributed by atoms with Gasteiger partial charge in [0.1, 0.15) is 0 Å². The van der Waals surface area contributed by atoms with Crippen molar-refractivity contribution in [2.24, 2.45) is 0 Å². The van der Waals surface area contributed by atoms with Gasteiger partial charge in [-0.25, -0.2) is 4.79 Å². The highest BCUT2D eigenvalue weighted by Crippen LogP contribution is 2.15. The monoisotopic (exact) mass is 218 g/mol. The molecule has 2 nitrogen and oxygen atoms in total. The van der Waals surface area contributed by atoms with E-state index in [0.29, 0.717) is 6.42 Å². The Bertz CT molecular complexity index is 377. The number of hydrogen-bond donors (Lipinski definition) is 0. The Morgan fingerprint density at radius 3 is 2.38 bits per heavy atom. The van der Waals surface area contributed by atoms with Crippen LogP contribution < -0.4 is 0 Å². The standard InChI is InChI=1S/C14H18O2/c1-4-11(2)13(14(15)16-3)10-12-8-6-5-7-9-12/h5-9H,4,10H2,1-3H3/b13-11+. The number of benzene rings is 1. The highest BCUT2D eigenvalue weighted by molar-refractivity contribution is 5.89. The van der Waals surface area contributed by atoms with Gasteiger partial charge in [-0.2, -0.15) is 0 Å². The Hall–Kier alpha value is -1.57. The smallest absolute Gasteiger partial charge is 0.334 e. The molecule has 0 aromatic heterocycles. The van der Waals surface area contributed by atoms with Gasteiger partial charge in [0.15, 0.2) is 0 Å². The van der Waals surface area contributed by atoms with Gasteiger partial charge in [0.2, 0.25) is 0 Å². The molecule has 0 saturated heterocycles. The molecule has 16 heavy (non-hydrogen) atoms. The van der Waals surface area contributed by atoms with E-state index in [2.05, 4.69) is 0 Å². The van der Waals surface area contributed by atoms with E-state index in [1.54, 1.807) is 0 Å². The molecule has 0 atom stereocenters. The predicted molar refractivity (Wildman–Crippen MR) is 65.2 cm³/mol. The van der Waals surface area contributed by atoms with Crippen LogP contribution in [0.1, 0.15) is 25.8 Å². The quantitative estimate of drug-likeness (QED) is 0.573. The van der Waals surface area contributed by atoms with E-state index in [4.69, 9.17) is 4.74 Å². The zero-order valence-electron chi connectivity index (χ0n) is 10.1. The van der Waals surface area contributed by atoms with Gasteiger partial charge in [0.05, 0.1) is 7.11 Å². The fraction of sp³-hybridized carbons (Fsp3) is 0.357. The molecule has 0 aliphatic heterocycles. The summed E-state index contributed by atoms with van der Waals surface area (Å²) in [5.74, 6) is -0.219. The first-order valence-corrected chi connectivity index (χ1v) is 5.49. The summed E-state index contributed by atoms with van der Waals surface area (Å²) < 4.78 is 4.81. The van der Waals surface area contributed by atoms with Gasteiger partial charge in [-0.3, -0.25) is 0 Å². The molecule has 2 heteroatoms. The van der Waals surface area contributed by atoms with Crippen LogP contribution in [0.15, 0.2) is 41.5 Å². The van der Waals surface area contributed by atoms with E-state index < -0.39 is 0 Å². The van der Waals surface area contributed by atoms with E-state index in [1.807, 2.05) is 44.2 Å². The lowest BCUT2D eigenvalue weighted by Crippen LogP contribution is -2.09. The average Bonchev–Trinajstić information content (AvgIpc) is 2.35. The van der Waals surface area contributed by atoms with E-state index in [1.165, 1.54) is 7.11 Å². The van der Waals surface area contributed by atoms with Crippen molar-refractivity contribution in [1.29, 1.82) is 0 Å². The number of methoxy groups -OCH3 is 1. The van der Waals surface area contributed by atoms with Gasteiger partial charge in [-0.15, -0.1) is 0 Å². The van der Waals surface area contributed by atoms with Gasteiger partial charge in [-0.05, 0) is 18.9 Å². The number of esters is 1. The number of rotatable bonds is 4. The van der Waals surface area contributed by atoms with E-state index in [-0.39, 0.29) is 5.97 Å². The Labute approximate surface area is 96.9 Å². The van der Waals surface area contributed by atoms with Crippen LogP contribution in [-0.2, 0) is 16.0 Å². The highest BCUT2D eigenvalue weighted by atomic mass is 16.5. The van der Waals surface area contributed by atoms with Crippen molar-refractivity contribution in [2.75, 3.05) is 7.11 Å². The molecule has 0 fully saturated rings. The van der Waals surface area contributed by atoms with Gasteiger partial charge >= 0.3 is 5.97 Å². The molecule has 0 spiro atoms. The highest BCUT2D eigenvalue weighted by Gasteiger charge is 2.12. The van der Waals surface area contributed by atoms with Crippen molar-refractivity contribution in [2.45, 2.75) is 26.7 Å². The fourth-order valence-electron chi connectivity index (χ4n) is 1.53. The number of allylic oxidation sites excluding steroid dienone is 1. The molecule has 0 saturated carbocycles. The van der Waals surface area contributed by atoms with Crippen molar-refractivity contribution in [3.63, 3.8) is 0 Å². The van der Waals surface area contributed by atoms with Crippen LogP contribution in [0.5, 0.6) is 0 Å². The summed E-state index contributed by atoms with van der Waals surface area (Å²) in [6.07, 6.45) is 1.52. The van der Waals surface area contributed by atoms with Crippen LogP contribution in [0.3, 0.4) is 0 Å². The molecule has 0 amide bonds. The third-order valence-corrected chi connectivity index (χ3v) is 2.70. The van der Waals surface area contributed by atoms with Crippen LogP contribution in [0.25, 0.3) is 0 Å². The summed E-state index contributed by atoms with van der Waals surface area (Å²) in [5.41, 5.74) is 3.00. The summed E-state index contributed by atoms with van der Waals surface area (Å²) >= 11 is 0. The van der Waals surface area contributed by atoms with Crippen molar-refractivity contribution >= 4 is 5.97 Å². The van der Waals surface area contributed by atoms with E-state index in [0.717, 1.165) is 23.1 Å². The Morgan fingerprint density at radius 1 is 1.25 bits per heavy atom. The summed E-state index contributed by atoms with van der Waals surface area (Å²) in [7, 11) is 1.43. The third-order valence-electron chi connectivity index (χ3n) is 2.70. The Kier molecular flexibility index (Phi) is 4.77. The van der Waals surface area contributed by atoms with Crippen molar-refractivity contribution in [3.8, 4) is 0 Å². The summed E-state index contributed by atoms with van der Waals surface area (Å²) in [6, 6.07) is 9.96. The molecule has 86 valence electrons. The fourth-order valence-corrected chi connectivity index (χ4v) is 1.53. The normalized spacial score (nSPS) is 11.9. The topological polar surface area (TPSA) is 26.3 Å². The van der Waals surface area contributed by atoms with Gasteiger partial charge < -0.3 is 4.74 Å². The van der Waals surface area contributed by atoms with Crippen LogP contribution in [0.2, 0.25) is 0 Å². The number of ether oxygens (including phenoxy) is 1. The number of carbonyl (C=O) groups excluding carboxylic acids is 1. The first-order valence-electron chi connectivity index (χ1n) is 5.49. The molecular formula is C14H18O2. The van der Waals surface area contributed by atoms with Crippen molar-refractivity contribution in [3.05, 3.63) is 47.0 Å². The molecule has 1 aromatic rings. The molecule has 1 aromatic carbocycles. The SMILES string of the molecule is CC/C(C)=C(\Cc1ccccc1)C(=O)OC. The minimum atomic E-state index is -0.219. The van der Waals surface area contributed by atoms with Crippen LogP contribution >= 0.6 is 0 Å². The maximum Gasteiger partial charge on any atom is 0.334 e. The largest absolute Gasteiger partial charge is 0.466 e. The minimum Gasteiger partial charge on any atom is -0.466 e. The summed E-state index contributed by atoms with van der Waals surface area (Å²) in [5, 5.41) is 0. The summed E-state index contributed by atoms with van der Waals surface area (Å²) in [6.45, 7) is 4.03. The zero-order chi connectivity index (χ0) is 12.0. The predicted octanol–water partition coefficient (Wildman–Crippen LogP) is 3.13. The van der Waals surface area contributed by atoms with Gasteiger partial charge in [0.25, 0.3) is 0 Å². The lowest BCUT2D eigenvalue weighted by molar-refractivity contribution is -0.136. The van der Waals surface area contributed by atoms with Crippen LogP contribution in [0, 0.1) is 0 Å². The van der Waals surface area contributed by atoms with Gasteiger partial charge in [-0.1, -0.05) is 42.8 Å².